The van der Waals surface area contributed by atoms with E-state index in [1.165, 1.54) is 23.7 Å². The van der Waals surface area contributed by atoms with Crippen molar-refractivity contribution in [3.05, 3.63) is 49.3 Å². The van der Waals surface area contributed by atoms with Crippen LogP contribution in [0.5, 0.6) is 6.01 Å². The van der Waals surface area contributed by atoms with Crippen molar-refractivity contribution in [2.45, 2.75) is 6.54 Å². The number of nitrogens with one attached hydrogen (secondary N) is 1. The molecular formula is C14H15N9O2. The number of para-hydroxylation sites is 1. The lowest BCUT2D eigenvalue weighted by atomic mass is 10.3. The fraction of sp³-hybridized carbons (Fsp3) is 0.143. The van der Waals surface area contributed by atoms with E-state index < -0.39 is 5.91 Å². The van der Waals surface area contributed by atoms with Gasteiger partial charge in [-0.1, -0.05) is 18.2 Å². The molecule has 0 aliphatic carbocycles. The minimum atomic E-state index is -0.488. The van der Waals surface area contributed by atoms with Crippen LogP contribution in [0.25, 0.3) is 5.69 Å². The van der Waals surface area contributed by atoms with Gasteiger partial charge in [0.15, 0.2) is 6.61 Å². The third-order valence-electron chi connectivity index (χ3n) is 2.94. The predicted octanol–water partition coefficient (Wildman–Crippen LogP) is -0.674. The molecule has 2 heterocycles. The van der Waals surface area contributed by atoms with Crippen molar-refractivity contribution in [1.29, 1.82) is 0 Å². The van der Waals surface area contributed by atoms with Crippen LogP contribution in [0.4, 0.5) is 0 Å². The number of hydrazone groups is 1. The first-order valence-corrected chi connectivity index (χ1v) is 7.24. The van der Waals surface area contributed by atoms with Crippen molar-refractivity contribution in [3.63, 3.8) is 0 Å². The highest BCUT2D eigenvalue weighted by Crippen LogP contribution is 2.07. The van der Waals surface area contributed by atoms with Crippen molar-refractivity contribution >= 4 is 11.7 Å². The van der Waals surface area contributed by atoms with E-state index in [1.807, 2.05) is 30.3 Å². The fourth-order valence-electron chi connectivity index (χ4n) is 1.83. The summed E-state index contributed by atoms with van der Waals surface area (Å²) >= 11 is 0. The molecule has 3 N–H and O–H groups in total. The van der Waals surface area contributed by atoms with Gasteiger partial charge in [0.1, 0.15) is 31.4 Å². The van der Waals surface area contributed by atoms with Crippen LogP contribution in [-0.2, 0) is 11.3 Å². The van der Waals surface area contributed by atoms with Gasteiger partial charge in [-0.3, -0.25) is 4.79 Å². The molecule has 11 nitrogen and oxygen atoms in total. The van der Waals surface area contributed by atoms with Crippen LogP contribution in [0.3, 0.4) is 0 Å². The summed E-state index contributed by atoms with van der Waals surface area (Å²) < 4.78 is 8.23. The lowest BCUT2D eigenvalue weighted by Gasteiger charge is -2.03. The summed E-state index contributed by atoms with van der Waals surface area (Å²) in [6, 6.07) is 9.49. The van der Waals surface area contributed by atoms with Crippen LogP contribution < -0.4 is 15.9 Å². The number of carbonyl (C=O) groups is 1. The quantitative estimate of drug-likeness (QED) is 0.330. The van der Waals surface area contributed by atoms with Gasteiger partial charge < -0.3 is 10.5 Å². The first-order chi connectivity index (χ1) is 12.2. The lowest BCUT2D eigenvalue weighted by Crippen LogP contribution is -2.29. The van der Waals surface area contributed by atoms with Gasteiger partial charge in [0, 0.05) is 0 Å². The number of hydrogen-bond donors (Lipinski definition) is 2. The minimum Gasteiger partial charge on any atom is -0.452 e. The Morgan fingerprint density at radius 2 is 2.12 bits per heavy atom. The molecule has 0 atom stereocenters. The minimum absolute atomic E-state index is 0.0820. The van der Waals surface area contributed by atoms with Gasteiger partial charge in [0.25, 0.3) is 5.91 Å². The number of amidine groups is 1. The Labute approximate surface area is 142 Å². The number of hydrogen-bond acceptors (Lipinski definition) is 7. The molecule has 3 aromatic rings. The van der Waals surface area contributed by atoms with Crippen LogP contribution in [0, 0.1) is 0 Å². The zero-order chi connectivity index (χ0) is 17.5. The largest absolute Gasteiger partial charge is 0.452 e. The molecule has 0 bridgehead atoms. The molecule has 0 radical (unpaired) electrons. The molecule has 1 amide bonds. The second-order valence-corrected chi connectivity index (χ2v) is 4.83. The van der Waals surface area contributed by atoms with E-state index in [1.54, 1.807) is 4.68 Å². The monoisotopic (exact) mass is 341 g/mol. The van der Waals surface area contributed by atoms with Gasteiger partial charge in [-0.15, -0.1) is 5.10 Å². The average molecular weight is 341 g/mol. The molecule has 2 aromatic heterocycles. The van der Waals surface area contributed by atoms with Gasteiger partial charge >= 0.3 is 6.01 Å². The van der Waals surface area contributed by atoms with Gasteiger partial charge in [-0.25, -0.2) is 19.8 Å². The highest BCUT2D eigenvalue weighted by Gasteiger charge is 2.07. The van der Waals surface area contributed by atoms with Gasteiger partial charge in [0.2, 0.25) is 0 Å². The predicted molar refractivity (Wildman–Crippen MR) is 86.6 cm³/mol. The average Bonchev–Trinajstić information content (AvgIpc) is 3.31. The normalized spacial score (nSPS) is 11.3. The third kappa shape index (κ3) is 4.60. The number of aromatic nitrogens is 6. The summed E-state index contributed by atoms with van der Waals surface area (Å²) in [6.45, 7) is -0.0803. The molecule has 3 rings (SSSR count). The first kappa shape index (κ1) is 16.1. The Morgan fingerprint density at radius 3 is 2.88 bits per heavy atom. The first-order valence-electron chi connectivity index (χ1n) is 7.24. The Balaban J connectivity index is 1.47. The molecule has 0 saturated heterocycles. The molecule has 128 valence electrons. The third-order valence-corrected chi connectivity index (χ3v) is 2.94. The molecule has 0 unspecified atom stereocenters. The lowest BCUT2D eigenvalue weighted by molar-refractivity contribution is -0.123. The maximum Gasteiger partial charge on any atom is 0.336 e. The SMILES string of the molecule is N/C(Cn1cncn1)=N\NC(=O)COc1ncn(-c2ccccc2)n1. The molecule has 0 spiro atoms. The Hall–Kier alpha value is -3.76. The van der Waals surface area contributed by atoms with Crippen molar-refractivity contribution in [3.8, 4) is 11.7 Å². The van der Waals surface area contributed by atoms with E-state index >= 15 is 0 Å². The molecular weight excluding hydrogens is 326 g/mol. The summed E-state index contributed by atoms with van der Waals surface area (Å²) in [7, 11) is 0. The molecule has 1 aromatic carbocycles. The number of amides is 1. The number of nitrogens with zero attached hydrogens (tertiary/aromatic N) is 7. The van der Waals surface area contributed by atoms with Crippen LogP contribution in [0.15, 0.2) is 54.4 Å². The Bertz CT molecular complexity index is 842. The molecule has 0 aliphatic heterocycles. The smallest absolute Gasteiger partial charge is 0.336 e. The fourth-order valence-corrected chi connectivity index (χ4v) is 1.83. The van der Waals surface area contributed by atoms with Gasteiger partial charge in [-0.05, 0) is 12.1 Å². The number of nitrogens with two attached hydrogens (primary N) is 1. The van der Waals surface area contributed by atoms with Crippen molar-refractivity contribution in [2.24, 2.45) is 10.8 Å². The maximum absolute atomic E-state index is 11.7. The van der Waals surface area contributed by atoms with Gasteiger partial charge in [-0.2, -0.15) is 15.2 Å². The van der Waals surface area contributed by atoms with Crippen molar-refractivity contribution in [1.82, 2.24) is 35.0 Å². The summed E-state index contributed by atoms with van der Waals surface area (Å²) in [5, 5.41) is 11.7. The highest BCUT2D eigenvalue weighted by molar-refractivity contribution is 5.83. The summed E-state index contributed by atoms with van der Waals surface area (Å²) in [4.78, 5) is 19.5. The van der Waals surface area contributed by atoms with E-state index in [0.717, 1.165) is 5.69 Å². The van der Waals surface area contributed by atoms with Crippen LogP contribution in [-0.4, -0.2) is 47.9 Å². The molecule has 11 heteroatoms. The molecule has 25 heavy (non-hydrogen) atoms. The summed E-state index contributed by atoms with van der Waals surface area (Å²) in [5.74, 6) is -0.317. The van der Waals surface area contributed by atoms with Crippen LogP contribution in [0.1, 0.15) is 0 Å². The van der Waals surface area contributed by atoms with Crippen molar-refractivity contribution < 1.29 is 9.53 Å². The standard InChI is InChI=1S/C14H15N9O2/c15-12(6-22-9-16-8-18-22)19-20-13(24)7-25-14-17-10-23(21-14)11-4-2-1-3-5-11/h1-5,8-10H,6-7H2,(H2,15,19)(H,20,24). The maximum atomic E-state index is 11.7. The van der Waals surface area contributed by atoms with Crippen molar-refractivity contribution in [2.75, 3.05) is 6.61 Å². The molecule has 0 fully saturated rings. The number of carbonyl (C=O) groups excluding carboxylic acids is 1. The molecule has 0 aliphatic rings. The van der Waals surface area contributed by atoms with Gasteiger partial charge in [0.05, 0.1) is 5.69 Å². The Kier molecular flexibility index (Phi) is 4.95. The number of ether oxygens (including phenoxy) is 1. The number of rotatable bonds is 7. The number of benzene rings is 1. The summed E-state index contributed by atoms with van der Waals surface area (Å²) in [6.07, 6.45) is 4.36. The second-order valence-electron chi connectivity index (χ2n) is 4.83. The molecule has 0 saturated carbocycles. The zero-order valence-corrected chi connectivity index (χ0v) is 13.1. The zero-order valence-electron chi connectivity index (χ0n) is 13.1. The topological polar surface area (TPSA) is 138 Å². The van der Waals surface area contributed by atoms with Crippen LogP contribution >= 0.6 is 0 Å². The second kappa shape index (κ2) is 7.68. The highest BCUT2D eigenvalue weighted by atomic mass is 16.5. The van der Waals surface area contributed by atoms with E-state index in [9.17, 15) is 4.79 Å². The van der Waals surface area contributed by atoms with E-state index in [4.69, 9.17) is 10.5 Å². The van der Waals surface area contributed by atoms with Crippen LogP contribution in [0.2, 0.25) is 0 Å². The van der Waals surface area contributed by atoms with E-state index in [2.05, 4.69) is 30.7 Å². The Morgan fingerprint density at radius 1 is 1.28 bits per heavy atom. The van der Waals surface area contributed by atoms with E-state index in [-0.39, 0.29) is 25.0 Å². The van der Waals surface area contributed by atoms with E-state index in [0.29, 0.717) is 0 Å². The summed E-state index contributed by atoms with van der Waals surface area (Å²) in [5.41, 5.74) is 8.78.